The Balaban J connectivity index is 3.68. The Morgan fingerprint density at radius 3 is 2.62 bits per heavy atom. The topological polar surface area (TPSA) is 0 Å². The lowest BCUT2D eigenvalue weighted by Crippen LogP contribution is -1.66. The molecule has 1 heteroatoms. The molecule has 8 heavy (non-hydrogen) atoms. The van der Waals surface area contributed by atoms with Gasteiger partial charge >= 0.3 is 0 Å². The number of benzene rings is 1. The molecule has 0 unspecified atom stereocenters. The molecule has 0 N–H and O–H groups in total. The monoisotopic (exact) mass is 177 g/mol. The first-order chi connectivity index (χ1) is 6.68. The summed E-state index contributed by atoms with van der Waals surface area (Å²) in [6, 6.07) is -1.80. The van der Waals surface area contributed by atoms with Gasteiger partial charge in [-0.2, -0.15) is 0 Å². The maximum Gasteiger partial charge on any atom is 0.0635 e. The van der Waals surface area contributed by atoms with Gasteiger partial charge in [-0.1, -0.05) is 33.6 Å². The van der Waals surface area contributed by atoms with Gasteiger partial charge in [-0.25, -0.2) is 0 Å². The van der Waals surface area contributed by atoms with E-state index in [0.29, 0.717) is 0 Å². The van der Waals surface area contributed by atoms with Crippen LogP contribution in [0.4, 0.5) is 0 Å². The summed E-state index contributed by atoms with van der Waals surface area (Å²) in [4.78, 5) is 0. The SMILES string of the molecule is [2H]c1c([2H])c(C([2H])([2H])[2H])c([2H])c([2H])c1Br. The zero-order chi connectivity index (χ0) is 12.0. The fraction of sp³-hybridized carbons (Fsp3) is 0.143. The smallest absolute Gasteiger partial charge is 0.0582 e. The van der Waals surface area contributed by atoms with Crippen molar-refractivity contribution in [3.63, 3.8) is 0 Å². The second kappa shape index (κ2) is 2.31. The van der Waals surface area contributed by atoms with Crippen molar-refractivity contribution >= 4 is 15.9 Å². The van der Waals surface area contributed by atoms with Crippen LogP contribution in [0.5, 0.6) is 0 Å². The molecule has 0 atom stereocenters. The summed E-state index contributed by atoms with van der Waals surface area (Å²) in [7, 11) is 0. The van der Waals surface area contributed by atoms with Gasteiger partial charge in [0.05, 0.1) is 5.48 Å². The minimum absolute atomic E-state index is 0.0227. The molecule has 0 aliphatic rings. The van der Waals surface area contributed by atoms with Crippen LogP contribution in [0.1, 0.15) is 15.2 Å². The van der Waals surface area contributed by atoms with Crippen molar-refractivity contribution in [1.29, 1.82) is 0 Å². The zero-order valence-corrected chi connectivity index (χ0v) is 5.46. The van der Waals surface area contributed by atoms with E-state index in [2.05, 4.69) is 15.9 Å². The molecule has 0 nitrogen and oxygen atoms in total. The summed E-state index contributed by atoms with van der Waals surface area (Å²) in [6.07, 6.45) is 0. The van der Waals surface area contributed by atoms with E-state index in [1.807, 2.05) is 0 Å². The summed E-state index contributed by atoms with van der Waals surface area (Å²) in [5.41, 5.74) is -0.541. The normalized spacial score (nSPS) is 23.4. The molecule has 1 aromatic rings. The van der Waals surface area contributed by atoms with Gasteiger partial charge in [0, 0.05) is 8.58 Å². The third-order valence-electron chi connectivity index (χ3n) is 0.594. The van der Waals surface area contributed by atoms with E-state index in [0.717, 1.165) is 0 Å². The van der Waals surface area contributed by atoms with Gasteiger partial charge in [-0.05, 0) is 18.9 Å². The van der Waals surface area contributed by atoms with Crippen LogP contribution in [0.2, 0.25) is 0 Å². The zero-order valence-electron chi connectivity index (χ0n) is 10.9. The minimum atomic E-state index is -2.64. The molecular weight excluding hydrogens is 164 g/mol. The second-order valence-electron chi connectivity index (χ2n) is 1.19. The van der Waals surface area contributed by atoms with Crippen LogP contribution in [0.15, 0.2) is 28.6 Å². The van der Waals surface area contributed by atoms with E-state index in [4.69, 9.17) is 9.60 Å². The lowest BCUT2D eigenvalue weighted by Gasteiger charge is -1.88. The van der Waals surface area contributed by atoms with Crippen molar-refractivity contribution in [3.8, 4) is 0 Å². The first-order valence-corrected chi connectivity index (χ1v) is 2.73. The standard InChI is InChI=1S/C7H7Br/c1-6-2-4-7(8)5-3-6/h2-5H,1H3/i1D3,2D,3D,4D,5D. The molecule has 0 heterocycles. The molecule has 0 fully saturated rings. The summed E-state index contributed by atoms with van der Waals surface area (Å²) >= 11 is 2.88. The molecule has 0 saturated carbocycles. The molecule has 42 valence electrons. The highest BCUT2D eigenvalue weighted by Gasteiger charge is 1.81. The van der Waals surface area contributed by atoms with Crippen molar-refractivity contribution < 1.29 is 9.60 Å². The van der Waals surface area contributed by atoms with Gasteiger partial charge in [0.2, 0.25) is 0 Å². The van der Waals surface area contributed by atoms with Gasteiger partial charge < -0.3 is 0 Å². The van der Waals surface area contributed by atoms with Crippen molar-refractivity contribution in [2.24, 2.45) is 0 Å². The van der Waals surface area contributed by atoms with Crippen LogP contribution in [0, 0.1) is 6.85 Å². The summed E-state index contributed by atoms with van der Waals surface area (Å²) in [5, 5.41) is 0. The highest BCUT2D eigenvalue weighted by molar-refractivity contribution is 9.10. The molecular formula is C7H7Br. The van der Waals surface area contributed by atoms with Crippen molar-refractivity contribution in [3.05, 3.63) is 34.2 Å². The van der Waals surface area contributed by atoms with E-state index in [9.17, 15) is 0 Å². The lowest BCUT2D eigenvalue weighted by molar-refractivity contribution is 1.46. The Labute approximate surface area is 67.5 Å². The Morgan fingerprint density at radius 2 is 2.12 bits per heavy atom. The average Bonchev–Trinajstić information content (AvgIpc) is 2.09. The predicted octanol–water partition coefficient (Wildman–Crippen LogP) is 2.76. The molecule has 0 aliphatic carbocycles. The summed E-state index contributed by atoms with van der Waals surface area (Å²) < 4.78 is 51.1. The van der Waals surface area contributed by atoms with E-state index in [1.165, 1.54) is 0 Å². The fourth-order valence-electron chi connectivity index (χ4n) is 0.297. The molecule has 0 amide bonds. The Morgan fingerprint density at radius 1 is 1.50 bits per heavy atom. The molecule has 0 aromatic heterocycles. The summed E-state index contributed by atoms with van der Waals surface area (Å²) in [5.74, 6) is 0. The second-order valence-corrected chi connectivity index (χ2v) is 1.98. The molecule has 1 rings (SSSR count). The molecule has 0 bridgehead atoms. The van der Waals surface area contributed by atoms with Gasteiger partial charge in [-0.3, -0.25) is 0 Å². The molecule has 0 spiro atoms. The largest absolute Gasteiger partial charge is 0.0635 e. The van der Waals surface area contributed by atoms with Crippen LogP contribution in [0.3, 0.4) is 0 Å². The molecule has 0 radical (unpaired) electrons. The molecule has 1 aromatic carbocycles. The van der Waals surface area contributed by atoms with Crippen molar-refractivity contribution in [2.75, 3.05) is 0 Å². The highest BCUT2D eigenvalue weighted by Crippen LogP contribution is 2.08. The van der Waals surface area contributed by atoms with Gasteiger partial charge in [0.25, 0.3) is 0 Å². The van der Waals surface area contributed by atoms with Crippen molar-refractivity contribution in [2.45, 2.75) is 6.85 Å². The molecule has 0 saturated heterocycles. The lowest BCUT2D eigenvalue weighted by atomic mass is 10.2. The van der Waals surface area contributed by atoms with Gasteiger partial charge in [-0.15, -0.1) is 0 Å². The van der Waals surface area contributed by atoms with Crippen LogP contribution in [-0.4, -0.2) is 0 Å². The highest BCUT2D eigenvalue weighted by atomic mass is 79.9. The number of hydrogen-bond acceptors (Lipinski definition) is 0. The Hall–Kier alpha value is -0.300. The van der Waals surface area contributed by atoms with Crippen LogP contribution >= 0.6 is 15.9 Å². The Bertz CT molecular complexity index is 380. The number of rotatable bonds is 0. The first-order valence-electron chi connectivity index (χ1n) is 5.44. The van der Waals surface area contributed by atoms with Crippen molar-refractivity contribution in [1.82, 2.24) is 0 Å². The number of halogens is 1. The van der Waals surface area contributed by atoms with Crippen LogP contribution in [-0.2, 0) is 0 Å². The average molecular weight is 178 g/mol. The quantitative estimate of drug-likeness (QED) is 0.573. The van der Waals surface area contributed by atoms with E-state index in [-0.39, 0.29) is 16.6 Å². The third-order valence-corrected chi connectivity index (χ3v) is 0.991. The third kappa shape index (κ3) is 1.34. The minimum Gasteiger partial charge on any atom is -0.0582 e. The first kappa shape index (κ1) is 1.60. The maximum absolute atomic E-state index is 7.45. The fourth-order valence-corrected chi connectivity index (χ4v) is 0.495. The van der Waals surface area contributed by atoms with E-state index >= 15 is 0 Å². The maximum atomic E-state index is 7.45. The van der Waals surface area contributed by atoms with E-state index in [1.54, 1.807) is 0 Å². The van der Waals surface area contributed by atoms with E-state index < -0.39 is 24.5 Å². The Kier molecular flexibility index (Phi) is 0.463. The predicted molar refractivity (Wildman–Crippen MR) is 38.9 cm³/mol. The van der Waals surface area contributed by atoms with Crippen LogP contribution < -0.4 is 0 Å². The summed E-state index contributed by atoms with van der Waals surface area (Å²) in [6.45, 7) is -2.64. The van der Waals surface area contributed by atoms with Gasteiger partial charge in [0.15, 0.2) is 0 Å². The van der Waals surface area contributed by atoms with Gasteiger partial charge in [0.1, 0.15) is 0 Å². The number of hydrogen-bond donors (Lipinski definition) is 0. The molecule has 0 aliphatic heterocycles. The van der Waals surface area contributed by atoms with Crippen LogP contribution in [0.25, 0.3) is 0 Å².